The first-order valence-electron chi connectivity index (χ1n) is 11.0. The molecule has 184 valence electrons. The molecule has 3 aromatic carbocycles. The maximum Gasteiger partial charge on any atom is 0.269 e. The number of rotatable bonds is 6. The molecule has 0 aliphatic carbocycles. The second kappa shape index (κ2) is 10.8. The first kappa shape index (κ1) is 25.8. The lowest BCUT2D eigenvalue weighted by Crippen LogP contribution is -2.49. The number of aryl methyl sites for hydroxylation is 2. The molecular formula is C26H22BrClN4O3S. The van der Waals surface area contributed by atoms with Crippen molar-refractivity contribution in [2.24, 2.45) is 0 Å². The van der Waals surface area contributed by atoms with Crippen molar-refractivity contribution < 1.29 is 14.4 Å². The molecule has 2 N–H and O–H groups in total. The second-order valence-electron chi connectivity index (χ2n) is 8.34. The van der Waals surface area contributed by atoms with Crippen molar-refractivity contribution in [3.63, 3.8) is 0 Å². The molecule has 0 radical (unpaired) electrons. The summed E-state index contributed by atoms with van der Waals surface area (Å²) in [6.07, 6.45) is -0.225. The van der Waals surface area contributed by atoms with Gasteiger partial charge in [-0.15, -0.1) is 0 Å². The van der Waals surface area contributed by atoms with Gasteiger partial charge in [-0.3, -0.25) is 24.7 Å². The van der Waals surface area contributed by atoms with E-state index < -0.39 is 17.9 Å². The van der Waals surface area contributed by atoms with E-state index in [-0.39, 0.29) is 17.4 Å². The number of thiocarbonyl (C=S) groups is 1. The maximum absolute atomic E-state index is 13.5. The van der Waals surface area contributed by atoms with E-state index in [0.717, 1.165) is 15.6 Å². The summed E-state index contributed by atoms with van der Waals surface area (Å²) in [5, 5.41) is 4.69. The number of anilines is 2. The highest BCUT2D eigenvalue weighted by atomic mass is 79.9. The molecule has 3 amide bonds. The third-order valence-corrected chi connectivity index (χ3v) is 6.82. The summed E-state index contributed by atoms with van der Waals surface area (Å²) in [4.78, 5) is 40.8. The molecule has 1 saturated heterocycles. The molecule has 1 atom stereocenters. The van der Waals surface area contributed by atoms with Crippen LogP contribution >= 0.6 is 39.7 Å². The minimum Gasteiger partial charge on any atom is -0.326 e. The highest BCUT2D eigenvalue weighted by Gasteiger charge is 2.45. The molecule has 7 nitrogen and oxygen atoms in total. The van der Waals surface area contributed by atoms with Crippen LogP contribution in [0.3, 0.4) is 0 Å². The summed E-state index contributed by atoms with van der Waals surface area (Å²) in [5.74, 6) is -1.28. The normalized spacial score (nSPS) is 15.3. The summed E-state index contributed by atoms with van der Waals surface area (Å²) in [6, 6.07) is 17.9. The molecule has 1 aliphatic rings. The van der Waals surface area contributed by atoms with Crippen molar-refractivity contribution >= 4 is 74.0 Å². The molecule has 1 unspecified atom stereocenters. The van der Waals surface area contributed by atoms with E-state index in [0.29, 0.717) is 22.0 Å². The molecule has 1 heterocycles. The first-order valence-corrected chi connectivity index (χ1v) is 12.6. The molecule has 0 saturated carbocycles. The summed E-state index contributed by atoms with van der Waals surface area (Å²) >= 11 is 14.9. The van der Waals surface area contributed by atoms with Gasteiger partial charge in [-0.1, -0.05) is 45.2 Å². The van der Waals surface area contributed by atoms with Gasteiger partial charge in [0.05, 0.1) is 12.1 Å². The molecule has 1 fully saturated rings. The average Bonchev–Trinajstić information content (AvgIpc) is 3.06. The van der Waals surface area contributed by atoms with Crippen molar-refractivity contribution in [3.8, 4) is 0 Å². The van der Waals surface area contributed by atoms with Gasteiger partial charge in [0.25, 0.3) is 11.8 Å². The number of hydrogen-bond donors (Lipinski definition) is 2. The average molecular weight is 586 g/mol. The molecule has 4 rings (SSSR count). The van der Waals surface area contributed by atoms with Crippen LogP contribution in [0.4, 0.5) is 11.4 Å². The Morgan fingerprint density at radius 2 is 1.69 bits per heavy atom. The minimum absolute atomic E-state index is 0.0529. The molecule has 3 aromatic rings. The molecule has 1 aliphatic heterocycles. The quantitative estimate of drug-likeness (QED) is 0.379. The number of amides is 3. The van der Waals surface area contributed by atoms with Crippen LogP contribution in [0.15, 0.2) is 71.2 Å². The predicted octanol–water partition coefficient (Wildman–Crippen LogP) is 5.40. The number of benzene rings is 3. The lowest BCUT2D eigenvalue weighted by atomic mass is 10.1. The summed E-state index contributed by atoms with van der Waals surface area (Å²) in [5.41, 5.74) is 6.19. The van der Waals surface area contributed by atoms with Crippen LogP contribution in [0.25, 0.3) is 0 Å². The van der Waals surface area contributed by atoms with Gasteiger partial charge in [0.1, 0.15) is 6.04 Å². The van der Waals surface area contributed by atoms with Gasteiger partial charge < -0.3 is 5.32 Å². The van der Waals surface area contributed by atoms with Crippen LogP contribution in [0.2, 0.25) is 5.02 Å². The smallest absolute Gasteiger partial charge is 0.269 e. The lowest BCUT2D eigenvalue weighted by molar-refractivity contribution is -0.124. The van der Waals surface area contributed by atoms with Crippen LogP contribution in [0, 0.1) is 13.8 Å². The van der Waals surface area contributed by atoms with Gasteiger partial charge in [0.15, 0.2) is 0 Å². The van der Waals surface area contributed by atoms with E-state index in [1.54, 1.807) is 48.5 Å². The van der Waals surface area contributed by atoms with Gasteiger partial charge in [-0.25, -0.2) is 5.01 Å². The summed E-state index contributed by atoms with van der Waals surface area (Å²) < 4.78 is 0.820. The number of carbonyl (C=O) groups is 3. The molecule has 0 aromatic heterocycles. The van der Waals surface area contributed by atoms with Crippen LogP contribution in [-0.2, 0) is 9.59 Å². The predicted molar refractivity (Wildman–Crippen MR) is 148 cm³/mol. The van der Waals surface area contributed by atoms with Crippen LogP contribution in [-0.4, -0.2) is 33.9 Å². The van der Waals surface area contributed by atoms with E-state index in [1.807, 2.05) is 32.0 Å². The Kier molecular flexibility index (Phi) is 7.73. The van der Waals surface area contributed by atoms with Crippen LogP contribution in [0.1, 0.15) is 27.9 Å². The van der Waals surface area contributed by atoms with Crippen molar-refractivity contribution in [2.45, 2.75) is 26.3 Å². The fourth-order valence-corrected chi connectivity index (χ4v) is 4.59. The standard InChI is InChI=1S/C26H22BrClN4O3S/c1-15-3-12-21(16(2)13-15)29-23(33)14-22-25(35)31(20-10-8-19(28)9-11-20)26(36)32(22)30-24(34)17-4-6-18(27)7-5-17/h3-13,22H,14H2,1-2H3,(H,29,33)(H,30,34). The summed E-state index contributed by atoms with van der Waals surface area (Å²) in [7, 11) is 0. The first-order chi connectivity index (χ1) is 17.1. The zero-order valence-corrected chi connectivity index (χ0v) is 22.6. The fraction of sp³-hybridized carbons (Fsp3) is 0.154. The molecular weight excluding hydrogens is 564 g/mol. The fourth-order valence-electron chi connectivity index (χ4n) is 3.83. The number of hydrogen-bond acceptors (Lipinski definition) is 4. The van der Waals surface area contributed by atoms with Crippen molar-refractivity contribution in [2.75, 3.05) is 10.2 Å². The largest absolute Gasteiger partial charge is 0.326 e. The summed E-state index contributed by atoms with van der Waals surface area (Å²) in [6.45, 7) is 3.86. The Morgan fingerprint density at radius 3 is 2.33 bits per heavy atom. The van der Waals surface area contributed by atoms with Crippen molar-refractivity contribution in [3.05, 3.63) is 92.9 Å². The Bertz CT molecular complexity index is 1350. The van der Waals surface area contributed by atoms with E-state index >= 15 is 0 Å². The minimum atomic E-state index is -1.04. The maximum atomic E-state index is 13.5. The number of hydrazine groups is 1. The highest BCUT2D eigenvalue weighted by Crippen LogP contribution is 2.28. The van der Waals surface area contributed by atoms with Crippen molar-refractivity contribution in [1.29, 1.82) is 0 Å². The van der Waals surface area contributed by atoms with E-state index in [4.69, 9.17) is 23.8 Å². The number of nitrogens with one attached hydrogen (secondary N) is 2. The Hall–Kier alpha value is -3.27. The SMILES string of the molecule is Cc1ccc(NC(=O)CC2C(=O)N(c3ccc(Cl)cc3)C(=S)N2NC(=O)c2ccc(Br)cc2)c(C)c1. The zero-order valence-electron chi connectivity index (χ0n) is 19.4. The van der Waals surface area contributed by atoms with Crippen LogP contribution in [0.5, 0.6) is 0 Å². The van der Waals surface area contributed by atoms with Gasteiger partial charge in [0.2, 0.25) is 11.0 Å². The Labute approximate surface area is 227 Å². The number of carbonyl (C=O) groups excluding carboxylic acids is 3. The van der Waals surface area contributed by atoms with E-state index in [9.17, 15) is 14.4 Å². The van der Waals surface area contributed by atoms with E-state index in [2.05, 4.69) is 26.7 Å². The van der Waals surface area contributed by atoms with Gasteiger partial charge in [-0.2, -0.15) is 0 Å². The zero-order chi connectivity index (χ0) is 26.0. The molecule has 10 heteroatoms. The Morgan fingerprint density at radius 1 is 1.03 bits per heavy atom. The molecule has 0 spiro atoms. The van der Waals surface area contributed by atoms with Crippen LogP contribution < -0.4 is 15.6 Å². The highest BCUT2D eigenvalue weighted by molar-refractivity contribution is 9.10. The lowest BCUT2D eigenvalue weighted by Gasteiger charge is -2.24. The van der Waals surface area contributed by atoms with Gasteiger partial charge in [0, 0.05) is 20.7 Å². The molecule has 0 bridgehead atoms. The Balaban J connectivity index is 1.60. The number of halogens is 2. The van der Waals surface area contributed by atoms with E-state index in [1.165, 1.54) is 9.91 Å². The second-order valence-corrected chi connectivity index (χ2v) is 10.1. The monoisotopic (exact) mass is 584 g/mol. The third kappa shape index (κ3) is 5.59. The van der Waals surface area contributed by atoms with Crippen molar-refractivity contribution in [1.82, 2.24) is 10.4 Å². The molecule has 36 heavy (non-hydrogen) atoms. The number of nitrogens with zero attached hydrogens (tertiary/aromatic N) is 2. The van der Waals surface area contributed by atoms with Gasteiger partial charge in [-0.05, 0) is 86.2 Å². The topological polar surface area (TPSA) is 81.8 Å². The van der Waals surface area contributed by atoms with Gasteiger partial charge >= 0.3 is 0 Å². The third-order valence-electron chi connectivity index (χ3n) is 5.66.